The smallest absolute Gasteiger partial charge is 0.380 e. The minimum Gasteiger partial charge on any atom is -0.380 e. The fourth-order valence-corrected chi connectivity index (χ4v) is 4.63. The number of halogens is 5. The molecule has 0 saturated carbocycles. The summed E-state index contributed by atoms with van der Waals surface area (Å²) in [5, 5.41) is 6.08. The standard InChI is InChI=1S/C31H33BrClF3N4O4/c1-3-43-15-13-40(14-16-44-4-2)20-21-5-8-23(9-6-21)29(41)38-28-12-10-24(32)18-25(28)30(42)39-37-19-22-7-11-27(33)26(17-22)31(34,35)36/h5-12,17-19H,3-4,13-16,20H2,1-2H3,(H,38,41)(H,39,42). The van der Waals surface area contributed by atoms with Crippen LogP contribution in [-0.2, 0) is 22.2 Å². The molecule has 3 aromatic carbocycles. The van der Waals surface area contributed by atoms with Gasteiger partial charge >= 0.3 is 6.18 Å². The first kappa shape index (κ1) is 35.2. The average molecular weight is 698 g/mol. The Labute approximate surface area is 267 Å². The van der Waals surface area contributed by atoms with Crippen molar-refractivity contribution in [2.75, 3.05) is 44.8 Å². The summed E-state index contributed by atoms with van der Waals surface area (Å²) in [5.74, 6) is -1.11. The van der Waals surface area contributed by atoms with Crippen molar-refractivity contribution in [2.45, 2.75) is 26.6 Å². The molecule has 3 rings (SSSR count). The van der Waals surface area contributed by atoms with Gasteiger partial charge in [-0.2, -0.15) is 18.3 Å². The van der Waals surface area contributed by atoms with Crippen LogP contribution < -0.4 is 10.7 Å². The van der Waals surface area contributed by atoms with E-state index in [4.69, 9.17) is 21.1 Å². The Balaban J connectivity index is 1.67. The van der Waals surface area contributed by atoms with Crippen molar-refractivity contribution in [2.24, 2.45) is 5.10 Å². The molecule has 2 amide bonds. The van der Waals surface area contributed by atoms with Gasteiger partial charge in [0.05, 0.1) is 41.3 Å². The zero-order chi connectivity index (χ0) is 32.1. The predicted octanol–water partition coefficient (Wildman–Crippen LogP) is 7.01. The van der Waals surface area contributed by atoms with E-state index < -0.39 is 28.6 Å². The molecule has 0 aliphatic heterocycles. The maximum Gasteiger partial charge on any atom is 0.417 e. The highest BCUT2D eigenvalue weighted by atomic mass is 79.9. The molecule has 0 unspecified atom stereocenters. The number of hydrogen-bond donors (Lipinski definition) is 2. The molecule has 3 aromatic rings. The fraction of sp³-hybridized carbons (Fsp3) is 0.323. The van der Waals surface area contributed by atoms with Crippen LogP contribution >= 0.6 is 27.5 Å². The maximum absolute atomic E-state index is 13.1. The Morgan fingerprint density at radius 1 is 0.955 bits per heavy atom. The summed E-state index contributed by atoms with van der Waals surface area (Å²) < 4.78 is 51.0. The highest BCUT2D eigenvalue weighted by molar-refractivity contribution is 9.10. The number of rotatable bonds is 15. The van der Waals surface area contributed by atoms with E-state index in [-0.39, 0.29) is 16.8 Å². The van der Waals surface area contributed by atoms with E-state index in [1.807, 2.05) is 26.0 Å². The summed E-state index contributed by atoms with van der Waals surface area (Å²) in [6.45, 7) is 8.57. The van der Waals surface area contributed by atoms with Gasteiger partial charge in [-0.3, -0.25) is 14.5 Å². The zero-order valence-electron chi connectivity index (χ0n) is 24.2. The van der Waals surface area contributed by atoms with Crippen LogP contribution in [0.25, 0.3) is 0 Å². The third-order valence-corrected chi connectivity index (χ3v) is 7.11. The molecule has 2 N–H and O–H groups in total. The normalized spacial score (nSPS) is 11.7. The molecule has 0 aromatic heterocycles. The summed E-state index contributed by atoms with van der Waals surface area (Å²) in [6, 6.07) is 15.1. The number of nitrogens with zero attached hydrogens (tertiary/aromatic N) is 2. The van der Waals surface area contributed by atoms with Crippen LogP contribution in [0.4, 0.5) is 18.9 Å². The summed E-state index contributed by atoms with van der Waals surface area (Å²) in [4.78, 5) is 28.2. The number of carbonyl (C=O) groups is 2. The monoisotopic (exact) mass is 696 g/mol. The maximum atomic E-state index is 13.1. The van der Waals surface area contributed by atoms with Crippen LogP contribution in [0, 0.1) is 0 Å². The molecular weight excluding hydrogens is 665 g/mol. The topological polar surface area (TPSA) is 92.3 Å². The number of carbonyl (C=O) groups excluding carboxylic acids is 2. The van der Waals surface area contributed by atoms with Crippen LogP contribution in [0.2, 0.25) is 5.02 Å². The van der Waals surface area contributed by atoms with Crippen molar-refractivity contribution < 1.29 is 32.2 Å². The second kappa shape index (κ2) is 17.3. The van der Waals surface area contributed by atoms with Gasteiger partial charge in [0.15, 0.2) is 0 Å². The van der Waals surface area contributed by atoms with E-state index in [1.54, 1.807) is 24.3 Å². The van der Waals surface area contributed by atoms with Gasteiger partial charge in [0.2, 0.25) is 0 Å². The molecule has 0 saturated heterocycles. The van der Waals surface area contributed by atoms with Crippen molar-refractivity contribution in [1.29, 1.82) is 0 Å². The lowest BCUT2D eigenvalue weighted by molar-refractivity contribution is -0.137. The molecule has 0 fully saturated rings. The first-order valence-corrected chi connectivity index (χ1v) is 15.0. The molecule has 13 heteroatoms. The van der Waals surface area contributed by atoms with E-state index in [2.05, 4.69) is 36.7 Å². The van der Waals surface area contributed by atoms with Gasteiger partial charge in [0.25, 0.3) is 11.8 Å². The summed E-state index contributed by atoms with van der Waals surface area (Å²) in [7, 11) is 0. The number of hydrogen-bond acceptors (Lipinski definition) is 6. The molecule has 0 radical (unpaired) electrons. The fourth-order valence-electron chi connectivity index (χ4n) is 4.04. The molecule has 0 atom stereocenters. The highest BCUT2D eigenvalue weighted by Gasteiger charge is 2.33. The van der Waals surface area contributed by atoms with Crippen molar-refractivity contribution in [1.82, 2.24) is 10.3 Å². The van der Waals surface area contributed by atoms with E-state index in [9.17, 15) is 22.8 Å². The molecular formula is C31H33BrClF3N4O4. The Bertz CT molecular complexity index is 1430. The lowest BCUT2D eigenvalue weighted by atomic mass is 10.1. The number of nitrogens with one attached hydrogen (secondary N) is 2. The van der Waals surface area contributed by atoms with Gasteiger partial charge in [-0.15, -0.1) is 0 Å². The van der Waals surface area contributed by atoms with Crippen LogP contribution in [0.3, 0.4) is 0 Å². The van der Waals surface area contributed by atoms with E-state index in [0.29, 0.717) is 43.0 Å². The van der Waals surface area contributed by atoms with Crippen molar-refractivity contribution in [3.63, 3.8) is 0 Å². The largest absolute Gasteiger partial charge is 0.417 e. The first-order chi connectivity index (χ1) is 21.0. The van der Waals surface area contributed by atoms with Crippen LogP contribution in [0.15, 0.2) is 70.2 Å². The Morgan fingerprint density at radius 2 is 1.61 bits per heavy atom. The van der Waals surface area contributed by atoms with Crippen molar-refractivity contribution in [3.05, 3.63) is 98.0 Å². The van der Waals surface area contributed by atoms with E-state index in [1.165, 1.54) is 12.1 Å². The van der Waals surface area contributed by atoms with Gasteiger partial charge in [0.1, 0.15) is 0 Å². The van der Waals surface area contributed by atoms with E-state index in [0.717, 1.165) is 37.0 Å². The Hall–Kier alpha value is -3.29. The van der Waals surface area contributed by atoms with Gasteiger partial charge < -0.3 is 14.8 Å². The van der Waals surface area contributed by atoms with Crippen LogP contribution in [-0.4, -0.2) is 62.4 Å². The van der Waals surface area contributed by atoms with Crippen molar-refractivity contribution in [3.8, 4) is 0 Å². The van der Waals surface area contributed by atoms with E-state index >= 15 is 0 Å². The zero-order valence-corrected chi connectivity index (χ0v) is 26.6. The molecule has 0 aliphatic carbocycles. The van der Waals surface area contributed by atoms with Gasteiger partial charge in [-0.25, -0.2) is 5.43 Å². The number of ether oxygens (including phenoxy) is 2. The number of benzene rings is 3. The number of hydrazone groups is 1. The molecule has 236 valence electrons. The molecule has 0 heterocycles. The SMILES string of the molecule is CCOCCN(CCOCC)Cc1ccc(C(=O)Nc2ccc(Br)cc2C(=O)NN=Cc2ccc(Cl)c(C(F)(F)F)c2)cc1. The molecule has 0 aliphatic rings. The molecule has 44 heavy (non-hydrogen) atoms. The first-order valence-electron chi connectivity index (χ1n) is 13.8. The third-order valence-electron chi connectivity index (χ3n) is 6.28. The average Bonchev–Trinajstić information content (AvgIpc) is 2.98. The quantitative estimate of drug-likeness (QED) is 0.101. The lowest BCUT2D eigenvalue weighted by Gasteiger charge is -2.22. The van der Waals surface area contributed by atoms with Crippen LogP contribution in [0.1, 0.15) is 51.3 Å². The number of amides is 2. The van der Waals surface area contributed by atoms with Crippen molar-refractivity contribution >= 4 is 51.2 Å². The summed E-state index contributed by atoms with van der Waals surface area (Å²) in [5.41, 5.74) is 3.07. The summed E-state index contributed by atoms with van der Waals surface area (Å²) >= 11 is 8.96. The number of alkyl halides is 3. The van der Waals surface area contributed by atoms with Gasteiger partial charge in [0, 0.05) is 42.9 Å². The minimum atomic E-state index is -4.64. The number of anilines is 1. The predicted molar refractivity (Wildman–Crippen MR) is 168 cm³/mol. The summed E-state index contributed by atoms with van der Waals surface area (Å²) in [6.07, 6.45) is -3.57. The third kappa shape index (κ3) is 11.0. The minimum absolute atomic E-state index is 0.0833. The Kier molecular flexibility index (Phi) is 13.8. The Morgan fingerprint density at radius 3 is 2.23 bits per heavy atom. The molecule has 0 bridgehead atoms. The molecule has 8 nitrogen and oxygen atoms in total. The lowest BCUT2D eigenvalue weighted by Crippen LogP contribution is -2.30. The second-order valence-corrected chi connectivity index (χ2v) is 10.8. The van der Waals surface area contributed by atoms with Gasteiger partial charge in [-0.05, 0) is 67.4 Å². The molecule has 0 spiro atoms. The highest BCUT2D eigenvalue weighted by Crippen LogP contribution is 2.34. The van der Waals surface area contributed by atoms with Crippen LogP contribution in [0.5, 0.6) is 0 Å². The van der Waals surface area contributed by atoms with Gasteiger partial charge in [-0.1, -0.05) is 45.7 Å². The second-order valence-electron chi connectivity index (χ2n) is 9.45.